The SMILES string of the molecule is CC(C)C(NC(=O)C(F)(F)C(F)(F)F)c1ccccc1. The lowest BCUT2D eigenvalue weighted by molar-refractivity contribution is -0.270. The molecule has 1 N–H and O–H groups in total. The number of halogens is 5. The van der Waals surface area contributed by atoms with Gasteiger partial charge in [0.25, 0.3) is 0 Å². The molecule has 0 heterocycles. The Bertz CT molecular complexity index is 456. The van der Waals surface area contributed by atoms with E-state index in [1.54, 1.807) is 49.5 Å². The molecule has 0 bridgehead atoms. The molecule has 0 saturated heterocycles. The Morgan fingerprint density at radius 1 is 1.05 bits per heavy atom. The monoisotopic (exact) mass is 295 g/mol. The van der Waals surface area contributed by atoms with Gasteiger partial charge in [-0.1, -0.05) is 44.2 Å². The van der Waals surface area contributed by atoms with Crippen molar-refractivity contribution in [2.45, 2.75) is 32.0 Å². The summed E-state index contributed by atoms with van der Waals surface area (Å²) in [6.07, 6.45) is -5.91. The molecule has 0 fully saturated rings. The predicted octanol–water partition coefficient (Wildman–Crippen LogP) is 3.70. The molecule has 0 aromatic heterocycles. The van der Waals surface area contributed by atoms with E-state index in [0.717, 1.165) is 0 Å². The average molecular weight is 295 g/mol. The number of benzene rings is 1. The van der Waals surface area contributed by atoms with Crippen LogP contribution < -0.4 is 5.32 Å². The molecular formula is C13H14F5NO. The van der Waals surface area contributed by atoms with Gasteiger partial charge >= 0.3 is 18.0 Å². The first-order chi connectivity index (χ1) is 9.07. The van der Waals surface area contributed by atoms with Gasteiger partial charge in [-0.25, -0.2) is 0 Å². The number of rotatable bonds is 4. The van der Waals surface area contributed by atoms with E-state index in [-0.39, 0.29) is 5.92 Å². The van der Waals surface area contributed by atoms with Crippen LogP contribution in [0, 0.1) is 5.92 Å². The molecule has 1 unspecified atom stereocenters. The topological polar surface area (TPSA) is 29.1 Å². The summed E-state index contributed by atoms with van der Waals surface area (Å²) in [6, 6.07) is 7.08. The van der Waals surface area contributed by atoms with Gasteiger partial charge in [-0.15, -0.1) is 0 Å². The number of alkyl halides is 5. The predicted molar refractivity (Wildman–Crippen MR) is 63.2 cm³/mol. The van der Waals surface area contributed by atoms with Crippen LogP contribution in [-0.2, 0) is 4.79 Å². The summed E-state index contributed by atoms with van der Waals surface area (Å²) < 4.78 is 62.2. The minimum atomic E-state index is -5.91. The molecule has 112 valence electrons. The number of hydrogen-bond acceptors (Lipinski definition) is 1. The Morgan fingerprint density at radius 3 is 1.95 bits per heavy atom. The molecule has 0 saturated carbocycles. The van der Waals surface area contributed by atoms with Crippen LogP contribution in [0.25, 0.3) is 0 Å². The molecule has 1 atom stereocenters. The zero-order valence-electron chi connectivity index (χ0n) is 10.8. The highest BCUT2D eigenvalue weighted by Crippen LogP contribution is 2.36. The summed E-state index contributed by atoms with van der Waals surface area (Å²) in [5.41, 5.74) is 0.467. The third-order valence-electron chi connectivity index (χ3n) is 2.75. The summed E-state index contributed by atoms with van der Waals surface area (Å²) in [5.74, 6) is -8.09. The van der Waals surface area contributed by atoms with E-state index < -0.39 is 24.0 Å². The summed E-state index contributed by atoms with van der Waals surface area (Å²) in [7, 11) is 0. The second-order valence-corrected chi connectivity index (χ2v) is 4.68. The van der Waals surface area contributed by atoms with Crippen molar-refractivity contribution in [3.8, 4) is 0 Å². The van der Waals surface area contributed by atoms with E-state index in [4.69, 9.17) is 0 Å². The van der Waals surface area contributed by atoms with E-state index in [2.05, 4.69) is 0 Å². The molecule has 0 aliphatic rings. The van der Waals surface area contributed by atoms with Crippen molar-refractivity contribution in [1.29, 1.82) is 0 Å². The molecule has 7 heteroatoms. The van der Waals surface area contributed by atoms with E-state index >= 15 is 0 Å². The van der Waals surface area contributed by atoms with Crippen molar-refractivity contribution >= 4 is 5.91 Å². The highest BCUT2D eigenvalue weighted by Gasteiger charge is 2.63. The number of carbonyl (C=O) groups excluding carboxylic acids is 1. The first-order valence-corrected chi connectivity index (χ1v) is 5.88. The summed E-state index contributed by atoms with van der Waals surface area (Å²) in [6.45, 7) is 3.23. The summed E-state index contributed by atoms with van der Waals surface area (Å²) in [5, 5.41) is 1.77. The van der Waals surface area contributed by atoms with Crippen LogP contribution in [0.4, 0.5) is 22.0 Å². The van der Waals surface area contributed by atoms with Crippen molar-refractivity contribution in [2.24, 2.45) is 5.92 Å². The summed E-state index contributed by atoms with van der Waals surface area (Å²) >= 11 is 0. The fourth-order valence-corrected chi connectivity index (χ4v) is 1.66. The molecule has 20 heavy (non-hydrogen) atoms. The Kier molecular flexibility index (Phi) is 4.73. The molecule has 0 aliphatic heterocycles. The first-order valence-electron chi connectivity index (χ1n) is 5.88. The Balaban J connectivity index is 2.96. The largest absolute Gasteiger partial charge is 0.463 e. The molecule has 0 radical (unpaired) electrons. The van der Waals surface area contributed by atoms with Gasteiger partial charge in [-0.3, -0.25) is 4.79 Å². The lowest BCUT2D eigenvalue weighted by Crippen LogP contribution is -2.51. The van der Waals surface area contributed by atoms with Gasteiger partial charge in [0.2, 0.25) is 0 Å². The standard InChI is InChI=1S/C13H14F5NO/c1-8(2)10(9-6-4-3-5-7-9)19-11(20)12(14,15)13(16,17)18/h3-8,10H,1-2H3,(H,19,20). The lowest BCUT2D eigenvalue weighted by atomic mass is 9.96. The highest BCUT2D eigenvalue weighted by molar-refractivity contribution is 5.84. The Morgan fingerprint density at radius 2 is 1.55 bits per heavy atom. The maximum atomic E-state index is 12.9. The van der Waals surface area contributed by atoms with Gasteiger partial charge in [-0.05, 0) is 11.5 Å². The third-order valence-corrected chi connectivity index (χ3v) is 2.75. The van der Waals surface area contributed by atoms with Gasteiger partial charge in [0, 0.05) is 0 Å². The minimum Gasteiger partial charge on any atom is -0.343 e. The molecule has 2 nitrogen and oxygen atoms in total. The fraction of sp³-hybridized carbons (Fsp3) is 0.462. The summed E-state index contributed by atoms with van der Waals surface area (Å²) in [4.78, 5) is 11.2. The van der Waals surface area contributed by atoms with E-state index in [0.29, 0.717) is 5.56 Å². The molecule has 0 spiro atoms. The van der Waals surface area contributed by atoms with Gasteiger partial charge in [0.15, 0.2) is 0 Å². The zero-order valence-corrected chi connectivity index (χ0v) is 10.8. The van der Waals surface area contributed by atoms with Crippen molar-refractivity contribution < 1.29 is 26.7 Å². The van der Waals surface area contributed by atoms with Crippen LogP contribution in [0.3, 0.4) is 0 Å². The van der Waals surface area contributed by atoms with Gasteiger partial charge < -0.3 is 5.32 Å². The molecule has 1 aromatic carbocycles. The zero-order chi connectivity index (χ0) is 15.6. The van der Waals surface area contributed by atoms with Gasteiger partial charge in [-0.2, -0.15) is 22.0 Å². The number of nitrogens with one attached hydrogen (secondary N) is 1. The van der Waals surface area contributed by atoms with E-state index in [9.17, 15) is 26.7 Å². The van der Waals surface area contributed by atoms with Crippen LogP contribution >= 0.6 is 0 Å². The lowest BCUT2D eigenvalue weighted by Gasteiger charge is -2.26. The molecular weight excluding hydrogens is 281 g/mol. The van der Waals surface area contributed by atoms with Crippen LogP contribution in [0.1, 0.15) is 25.5 Å². The average Bonchev–Trinajstić information content (AvgIpc) is 2.34. The van der Waals surface area contributed by atoms with Crippen molar-refractivity contribution in [3.05, 3.63) is 35.9 Å². The van der Waals surface area contributed by atoms with Crippen molar-refractivity contribution in [1.82, 2.24) is 5.32 Å². The maximum Gasteiger partial charge on any atom is 0.463 e. The third kappa shape index (κ3) is 3.46. The molecule has 1 aromatic rings. The molecule has 1 rings (SSSR count). The fourth-order valence-electron chi connectivity index (χ4n) is 1.66. The van der Waals surface area contributed by atoms with Crippen LogP contribution in [0.2, 0.25) is 0 Å². The molecule has 0 aliphatic carbocycles. The normalized spacial score (nSPS) is 14.2. The first kappa shape index (κ1) is 16.4. The van der Waals surface area contributed by atoms with Crippen molar-refractivity contribution in [2.75, 3.05) is 0 Å². The number of carbonyl (C=O) groups is 1. The van der Waals surface area contributed by atoms with Crippen molar-refractivity contribution in [3.63, 3.8) is 0 Å². The van der Waals surface area contributed by atoms with E-state index in [1.165, 1.54) is 0 Å². The minimum absolute atomic E-state index is 0.342. The Hall–Kier alpha value is -1.66. The smallest absolute Gasteiger partial charge is 0.343 e. The second-order valence-electron chi connectivity index (χ2n) is 4.68. The highest BCUT2D eigenvalue weighted by atomic mass is 19.4. The van der Waals surface area contributed by atoms with Gasteiger partial charge in [0.1, 0.15) is 0 Å². The second kappa shape index (κ2) is 5.76. The molecule has 1 amide bonds. The maximum absolute atomic E-state index is 12.9. The number of amides is 1. The Labute approximate surface area is 113 Å². The van der Waals surface area contributed by atoms with Gasteiger partial charge in [0.05, 0.1) is 6.04 Å². The van der Waals surface area contributed by atoms with Crippen LogP contribution in [0.5, 0.6) is 0 Å². The van der Waals surface area contributed by atoms with E-state index in [1.807, 2.05) is 0 Å². The van der Waals surface area contributed by atoms with Crippen LogP contribution in [-0.4, -0.2) is 18.0 Å². The quantitative estimate of drug-likeness (QED) is 0.843. The van der Waals surface area contributed by atoms with Crippen LogP contribution in [0.15, 0.2) is 30.3 Å². The number of hydrogen-bond donors (Lipinski definition) is 1.